The zero-order valence-corrected chi connectivity index (χ0v) is 11.3. The number of likely N-dealkylation sites (tertiary alicyclic amines) is 1. The van der Waals surface area contributed by atoms with Crippen molar-refractivity contribution in [1.82, 2.24) is 14.7 Å². The first-order valence-electron chi connectivity index (χ1n) is 6.98. The second-order valence-corrected chi connectivity index (χ2v) is 5.54. The molecule has 0 aromatic rings. The molecule has 104 valence electrons. The Labute approximate surface area is 109 Å². The molecule has 2 heterocycles. The minimum absolute atomic E-state index is 0.259. The van der Waals surface area contributed by atoms with Crippen molar-refractivity contribution >= 4 is 5.91 Å². The van der Waals surface area contributed by atoms with Gasteiger partial charge in [-0.3, -0.25) is 9.69 Å². The highest BCUT2D eigenvalue weighted by Gasteiger charge is 2.25. The van der Waals surface area contributed by atoms with Crippen LogP contribution in [0.4, 0.5) is 0 Å². The van der Waals surface area contributed by atoms with Gasteiger partial charge in [0.2, 0.25) is 5.91 Å². The molecule has 0 aliphatic carbocycles. The molecule has 1 amide bonds. The maximum Gasteiger partial charge on any atom is 0.222 e. The quantitative estimate of drug-likeness (QED) is 0.733. The minimum atomic E-state index is 0.259. The van der Waals surface area contributed by atoms with Gasteiger partial charge in [0, 0.05) is 59.3 Å². The zero-order valence-electron chi connectivity index (χ0n) is 11.3. The average molecular weight is 255 g/mol. The van der Waals surface area contributed by atoms with E-state index in [0.29, 0.717) is 18.2 Å². The van der Waals surface area contributed by atoms with Crippen LogP contribution in [-0.2, 0) is 4.79 Å². The van der Waals surface area contributed by atoms with E-state index in [1.54, 1.807) is 0 Å². The molecule has 0 aromatic carbocycles. The summed E-state index contributed by atoms with van der Waals surface area (Å²) in [5, 5.41) is 8.91. The van der Waals surface area contributed by atoms with Gasteiger partial charge in [-0.05, 0) is 12.3 Å². The van der Waals surface area contributed by atoms with E-state index >= 15 is 0 Å². The average Bonchev–Trinajstić information content (AvgIpc) is 2.37. The van der Waals surface area contributed by atoms with E-state index in [2.05, 4.69) is 9.80 Å². The summed E-state index contributed by atoms with van der Waals surface area (Å²) >= 11 is 0. The molecule has 2 fully saturated rings. The van der Waals surface area contributed by atoms with Crippen LogP contribution in [0.15, 0.2) is 0 Å². The third kappa shape index (κ3) is 3.67. The summed E-state index contributed by atoms with van der Waals surface area (Å²) in [5.41, 5.74) is 0. The Morgan fingerprint density at radius 1 is 1.22 bits per heavy atom. The van der Waals surface area contributed by atoms with E-state index in [0.717, 1.165) is 52.2 Å². The highest BCUT2D eigenvalue weighted by Crippen LogP contribution is 2.18. The lowest BCUT2D eigenvalue weighted by atomic mass is 9.97. The van der Waals surface area contributed by atoms with Crippen LogP contribution in [0.2, 0.25) is 0 Å². The predicted molar refractivity (Wildman–Crippen MR) is 70.3 cm³/mol. The molecule has 5 heteroatoms. The van der Waals surface area contributed by atoms with Crippen molar-refractivity contribution in [2.24, 2.45) is 5.92 Å². The van der Waals surface area contributed by atoms with Crippen molar-refractivity contribution in [3.05, 3.63) is 0 Å². The molecular weight excluding hydrogens is 230 g/mol. The number of piperazine rings is 1. The largest absolute Gasteiger partial charge is 0.395 e. The smallest absolute Gasteiger partial charge is 0.222 e. The molecule has 2 aliphatic rings. The maximum absolute atomic E-state index is 11.4. The topological polar surface area (TPSA) is 47.0 Å². The summed E-state index contributed by atoms with van der Waals surface area (Å²) in [6, 6.07) is 0. The maximum atomic E-state index is 11.4. The Morgan fingerprint density at radius 2 is 1.89 bits per heavy atom. The minimum Gasteiger partial charge on any atom is -0.395 e. The molecule has 1 unspecified atom stereocenters. The SMILES string of the molecule is CN1CC(CN2CCN(CCO)CC2)CCC1=O. The lowest BCUT2D eigenvalue weighted by Crippen LogP contribution is -2.50. The number of rotatable bonds is 4. The third-order valence-corrected chi connectivity index (χ3v) is 4.12. The monoisotopic (exact) mass is 255 g/mol. The van der Waals surface area contributed by atoms with Crippen molar-refractivity contribution < 1.29 is 9.90 Å². The Balaban J connectivity index is 1.70. The number of aliphatic hydroxyl groups excluding tert-OH is 1. The molecule has 1 N–H and O–H groups in total. The normalized spacial score (nSPS) is 27.8. The summed E-state index contributed by atoms with van der Waals surface area (Å²) in [6.07, 6.45) is 1.76. The van der Waals surface area contributed by atoms with Crippen LogP contribution < -0.4 is 0 Å². The second kappa shape index (κ2) is 6.50. The predicted octanol–water partition coefficient (Wildman–Crippen LogP) is -0.535. The van der Waals surface area contributed by atoms with Gasteiger partial charge < -0.3 is 14.9 Å². The molecule has 0 aromatic heterocycles. The van der Waals surface area contributed by atoms with Crippen LogP contribution in [0.25, 0.3) is 0 Å². The lowest BCUT2D eigenvalue weighted by Gasteiger charge is -2.38. The van der Waals surface area contributed by atoms with E-state index in [4.69, 9.17) is 5.11 Å². The molecule has 5 nitrogen and oxygen atoms in total. The van der Waals surface area contributed by atoms with Crippen LogP contribution in [0.5, 0.6) is 0 Å². The number of amides is 1. The standard InChI is InChI=1S/C13H25N3O2/c1-14-10-12(2-3-13(14)18)11-16-6-4-15(5-7-16)8-9-17/h12,17H,2-11H2,1H3. The van der Waals surface area contributed by atoms with Crippen molar-refractivity contribution in [3.8, 4) is 0 Å². The van der Waals surface area contributed by atoms with Crippen LogP contribution in [-0.4, -0.2) is 85.2 Å². The lowest BCUT2D eigenvalue weighted by molar-refractivity contribution is -0.133. The first kappa shape index (κ1) is 13.8. The number of hydrogen-bond acceptors (Lipinski definition) is 4. The van der Waals surface area contributed by atoms with Crippen LogP contribution in [0.3, 0.4) is 0 Å². The van der Waals surface area contributed by atoms with Crippen LogP contribution in [0.1, 0.15) is 12.8 Å². The molecule has 0 bridgehead atoms. The summed E-state index contributed by atoms with van der Waals surface area (Å²) < 4.78 is 0. The fourth-order valence-electron chi connectivity index (χ4n) is 2.95. The molecule has 2 saturated heterocycles. The number of piperidine rings is 1. The molecule has 2 rings (SSSR count). The molecule has 1 atom stereocenters. The fourth-order valence-corrected chi connectivity index (χ4v) is 2.95. The van der Waals surface area contributed by atoms with Crippen molar-refractivity contribution in [2.45, 2.75) is 12.8 Å². The van der Waals surface area contributed by atoms with Gasteiger partial charge in [-0.15, -0.1) is 0 Å². The van der Waals surface area contributed by atoms with Gasteiger partial charge in [-0.1, -0.05) is 0 Å². The number of carbonyl (C=O) groups excluding carboxylic acids is 1. The Morgan fingerprint density at radius 3 is 2.50 bits per heavy atom. The number of hydrogen-bond donors (Lipinski definition) is 1. The number of carbonyl (C=O) groups is 1. The van der Waals surface area contributed by atoms with Crippen molar-refractivity contribution in [2.75, 3.05) is 59.5 Å². The van der Waals surface area contributed by atoms with Crippen molar-refractivity contribution in [3.63, 3.8) is 0 Å². The van der Waals surface area contributed by atoms with Crippen LogP contribution >= 0.6 is 0 Å². The molecule has 0 saturated carbocycles. The molecule has 0 spiro atoms. The summed E-state index contributed by atoms with van der Waals surface area (Å²) in [4.78, 5) is 18.1. The number of aliphatic hydroxyl groups is 1. The van der Waals surface area contributed by atoms with Gasteiger partial charge in [0.1, 0.15) is 0 Å². The Bertz CT molecular complexity index is 277. The van der Waals surface area contributed by atoms with E-state index in [9.17, 15) is 4.79 Å². The van der Waals surface area contributed by atoms with Crippen LogP contribution in [0, 0.1) is 5.92 Å². The first-order chi connectivity index (χ1) is 8.69. The zero-order chi connectivity index (χ0) is 13.0. The van der Waals surface area contributed by atoms with Gasteiger partial charge in [-0.25, -0.2) is 0 Å². The molecule has 2 aliphatic heterocycles. The number of nitrogens with zero attached hydrogens (tertiary/aromatic N) is 3. The molecule has 18 heavy (non-hydrogen) atoms. The molecule has 0 radical (unpaired) electrons. The van der Waals surface area contributed by atoms with Crippen molar-refractivity contribution in [1.29, 1.82) is 0 Å². The van der Waals surface area contributed by atoms with Gasteiger partial charge >= 0.3 is 0 Å². The van der Waals surface area contributed by atoms with Gasteiger partial charge in [0.15, 0.2) is 0 Å². The fraction of sp³-hybridized carbons (Fsp3) is 0.923. The first-order valence-corrected chi connectivity index (χ1v) is 6.98. The molecular formula is C13H25N3O2. The van der Waals surface area contributed by atoms with E-state index < -0.39 is 0 Å². The van der Waals surface area contributed by atoms with Gasteiger partial charge in [0.25, 0.3) is 0 Å². The van der Waals surface area contributed by atoms with Gasteiger partial charge in [-0.2, -0.15) is 0 Å². The highest BCUT2D eigenvalue weighted by molar-refractivity contribution is 5.76. The number of β-amino-alcohol motifs (C(OH)–C–C–N with tert-alkyl or cyclic N) is 1. The van der Waals surface area contributed by atoms with E-state index in [1.807, 2.05) is 11.9 Å². The summed E-state index contributed by atoms with van der Waals surface area (Å²) in [5.74, 6) is 0.927. The van der Waals surface area contributed by atoms with Gasteiger partial charge in [0.05, 0.1) is 6.61 Å². The Hall–Kier alpha value is -0.650. The summed E-state index contributed by atoms with van der Waals surface area (Å²) in [6.45, 7) is 7.39. The highest BCUT2D eigenvalue weighted by atomic mass is 16.3. The third-order valence-electron chi connectivity index (χ3n) is 4.12. The van der Waals surface area contributed by atoms with E-state index in [-0.39, 0.29) is 6.61 Å². The second-order valence-electron chi connectivity index (χ2n) is 5.54. The summed E-state index contributed by atoms with van der Waals surface area (Å²) in [7, 11) is 1.91. The Kier molecular flexibility index (Phi) is 4.97. The van der Waals surface area contributed by atoms with E-state index in [1.165, 1.54) is 0 Å².